The van der Waals surface area contributed by atoms with Crippen LogP contribution in [0.25, 0.3) is 16.5 Å². The summed E-state index contributed by atoms with van der Waals surface area (Å²) in [7, 11) is 0. The van der Waals surface area contributed by atoms with E-state index in [2.05, 4.69) is 20.1 Å². The van der Waals surface area contributed by atoms with Gasteiger partial charge in [0.25, 0.3) is 11.6 Å². The monoisotopic (exact) mass is 505 g/mol. The quantitative estimate of drug-likeness (QED) is 0.163. The van der Waals surface area contributed by atoms with Crippen LogP contribution in [0.4, 0.5) is 5.69 Å². The lowest BCUT2D eigenvalue weighted by atomic mass is 10.1. The molecular formula is C29H23N5O4. The molecule has 0 bridgehead atoms. The van der Waals surface area contributed by atoms with Gasteiger partial charge in [0.05, 0.1) is 11.1 Å². The molecule has 5 aromatic rings. The Labute approximate surface area is 218 Å². The van der Waals surface area contributed by atoms with Crippen molar-refractivity contribution < 1.29 is 14.5 Å². The molecule has 0 radical (unpaired) electrons. The summed E-state index contributed by atoms with van der Waals surface area (Å²) in [6, 6.07) is 25.6. The molecule has 38 heavy (non-hydrogen) atoms. The smallest absolute Gasteiger partial charge is 0.287 e. The molecule has 188 valence electrons. The van der Waals surface area contributed by atoms with Crippen molar-refractivity contribution >= 4 is 28.6 Å². The molecule has 2 heterocycles. The number of amides is 1. The maximum absolute atomic E-state index is 12.6. The minimum Gasteiger partial charge on any atom is -0.439 e. The van der Waals surface area contributed by atoms with Gasteiger partial charge >= 0.3 is 0 Å². The van der Waals surface area contributed by atoms with Gasteiger partial charge in [0.1, 0.15) is 11.9 Å². The summed E-state index contributed by atoms with van der Waals surface area (Å²) < 4.78 is 7.77. The zero-order valence-corrected chi connectivity index (χ0v) is 20.7. The maximum Gasteiger partial charge on any atom is 0.287 e. The van der Waals surface area contributed by atoms with Crippen molar-refractivity contribution in [1.29, 1.82) is 0 Å². The SMILES string of the molecule is Cc1cc(/C=N\NC(=O)c2ccc3ccccc3c2)c(C)n1-c1ccc(Oc2ccc([N+](=O)[O-])cn2)cc1. The number of nitro groups is 1. The third kappa shape index (κ3) is 5.12. The molecule has 0 unspecified atom stereocenters. The summed E-state index contributed by atoms with van der Waals surface area (Å²) in [5, 5.41) is 17.0. The Kier molecular flexibility index (Phi) is 6.65. The number of ether oxygens (including phenoxy) is 1. The number of aromatic nitrogens is 2. The largest absolute Gasteiger partial charge is 0.439 e. The Balaban J connectivity index is 1.27. The van der Waals surface area contributed by atoms with Crippen LogP contribution in [0.15, 0.2) is 96.2 Å². The Morgan fingerprint density at radius 3 is 2.47 bits per heavy atom. The first-order chi connectivity index (χ1) is 18.4. The van der Waals surface area contributed by atoms with E-state index in [1.54, 1.807) is 24.4 Å². The van der Waals surface area contributed by atoms with Crippen molar-refractivity contribution in [2.75, 3.05) is 0 Å². The molecule has 0 spiro atoms. The minimum absolute atomic E-state index is 0.0983. The first-order valence-corrected chi connectivity index (χ1v) is 11.8. The van der Waals surface area contributed by atoms with Gasteiger partial charge < -0.3 is 9.30 Å². The summed E-state index contributed by atoms with van der Waals surface area (Å²) in [4.78, 5) is 26.8. The predicted octanol–water partition coefficient (Wildman–Crippen LogP) is 6.11. The number of carbonyl (C=O) groups is 1. The van der Waals surface area contributed by atoms with E-state index in [1.165, 1.54) is 12.1 Å². The highest BCUT2D eigenvalue weighted by atomic mass is 16.6. The molecule has 3 aromatic carbocycles. The predicted molar refractivity (Wildman–Crippen MR) is 145 cm³/mol. The number of hydrogen-bond donors (Lipinski definition) is 1. The molecule has 0 saturated carbocycles. The number of rotatable bonds is 7. The molecule has 0 aliphatic carbocycles. The first-order valence-electron chi connectivity index (χ1n) is 11.8. The van der Waals surface area contributed by atoms with E-state index < -0.39 is 4.92 Å². The first kappa shape index (κ1) is 24.4. The summed E-state index contributed by atoms with van der Waals surface area (Å²) >= 11 is 0. The zero-order chi connectivity index (χ0) is 26.6. The molecule has 1 amide bonds. The Hall–Kier alpha value is -5.31. The second-order valence-electron chi connectivity index (χ2n) is 8.63. The number of carbonyl (C=O) groups excluding carboxylic acids is 1. The fraction of sp³-hybridized carbons (Fsp3) is 0.0690. The molecule has 9 heteroatoms. The standard InChI is InChI=1S/C29H23N5O4/c1-19-15-24(17-31-32-29(35)23-8-7-21-5-3-4-6-22(21)16-23)20(2)33(19)25-9-12-27(13-10-25)38-28-14-11-26(18-30-28)34(36)37/h3-18H,1-2H3,(H,32,35)/b31-17-. The lowest BCUT2D eigenvalue weighted by Gasteiger charge is -2.11. The van der Waals surface area contributed by atoms with Crippen molar-refractivity contribution in [3.63, 3.8) is 0 Å². The molecule has 0 aliphatic heterocycles. The highest BCUT2D eigenvalue weighted by Gasteiger charge is 2.11. The van der Waals surface area contributed by atoms with Gasteiger partial charge in [0.2, 0.25) is 5.88 Å². The topological polar surface area (TPSA) is 112 Å². The van der Waals surface area contributed by atoms with Crippen LogP contribution in [-0.2, 0) is 0 Å². The van der Waals surface area contributed by atoms with E-state index in [4.69, 9.17) is 4.74 Å². The van der Waals surface area contributed by atoms with E-state index in [-0.39, 0.29) is 17.5 Å². The zero-order valence-electron chi connectivity index (χ0n) is 20.7. The van der Waals surface area contributed by atoms with Gasteiger partial charge in [-0.2, -0.15) is 5.10 Å². The van der Waals surface area contributed by atoms with Gasteiger partial charge in [-0.15, -0.1) is 0 Å². The van der Waals surface area contributed by atoms with Crippen LogP contribution in [0.1, 0.15) is 27.3 Å². The van der Waals surface area contributed by atoms with Crippen molar-refractivity contribution in [3.8, 4) is 17.3 Å². The number of benzene rings is 3. The lowest BCUT2D eigenvalue weighted by molar-refractivity contribution is -0.385. The molecular weight excluding hydrogens is 482 g/mol. The molecule has 0 aliphatic rings. The third-order valence-corrected chi connectivity index (χ3v) is 6.10. The minimum atomic E-state index is -0.509. The molecule has 0 atom stereocenters. The third-order valence-electron chi connectivity index (χ3n) is 6.10. The number of nitrogens with zero attached hydrogens (tertiary/aromatic N) is 4. The van der Waals surface area contributed by atoms with Gasteiger partial charge in [-0.05, 0) is 67.1 Å². The van der Waals surface area contributed by atoms with Crippen molar-refractivity contribution in [3.05, 3.63) is 124 Å². The molecule has 5 rings (SSSR count). The second-order valence-corrected chi connectivity index (χ2v) is 8.63. The summed E-state index contributed by atoms with van der Waals surface area (Å²) in [5.74, 6) is 0.538. The number of aryl methyl sites for hydroxylation is 1. The van der Waals surface area contributed by atoms with E-state index in [9.17, 15) is 14.9 Å². The molecule has 0 saturated heterocycles. The summed E-state index contributed by atoms with van der Waals surface area (Å²) in [6.07, 6.45) is 2.79. The fourth-order valence-corrected chi connectivity index (χ4v) is 4.20. The lowest BCUT2D eigenvalue weighted by Crippen LogP contribution is -2.17. The number of nitrogens with one attached hydrogen (secondary N) is 1. The van der Waals surface area contributed by atoms with E-state index in [0.29, 0.717) is 11.3 Å². The Morgan fingerprint density at radius 2 is 1.76 bits per heavy atom. The number of fused-ring (bicyclic) bond motifs is 1. The van der Waals surface area contributed by atoms with Crippen LogP contribution in [-0.4, -0.2) is 26.6 Å². The van der Waals surface area contributed by atoms with E-state index in [0.717, 1.165) is 39.6 Å². The molecule has 0 fully saturated rings. The number of hydrazone groups is 1. The van der Waals surface area contributed by atoms with E-state index >= 15 is 0 Å². The average molecular weight is 506 g/mol. The molecule has 2 aromatic heterocycles. The van der Waals surface area contributed by atoms with Crippen molar-refractivity contribution in [2.24, 2.45) is 5.10 Å². The van der Waals surface area contributed by atoms with E-state index in [1.807, 2.05) is 68.4 Å². The average Bonchev–Trinajstić information content (AvgIpc) is 3.21. The van der Waals surface area contributed by atoms with Gasteiger partial charge in [-0.25, -0.2) is 10.4 Å². The normalized spacial score (nSPS) is 11.1. The van der Waals surface area contributed by atoms with Crippen LogP contribution in [0.2, 0.25) is 0 Å². The van der Waals surface area contributed by atoms with Crippen LogP contribution in [0.5, 0.6) is 11.6 Å². The van der Waals surface area contributed by atoms with Gasteiger partial charge in [-0.3, -0.25) is 14.9 Å². The van der Waals surface area contributed by atoms with Crippen molar-refractivity contribution in [2.45, 2.75) is 13.8 Å². The highest BCUT2D eigenvalue weighted by Crippen LogP contribution is 2.25. The molecule has 9 nitrogen and oxygen atoms in total. The number of hydrogen-bond acceptors (Lipinski definition) is 6. The highest BCUT2D eigenvalue weighted by molar-refractivity contribution is 5.99. The van der Waals surface area contributed by atoms with Crippen LogP contribution in [0.3, 0.4) is 0 Å². The summed E-state index contributed by atoms with van der Waals surface area (Å²) in [5.41, 5.74) is 6.79. The summed E-state index contributed by atoms with van der Waals surface area (Å²) in [6.45, 7) is 3.97. The Bertz CT molecular complexity index is 1670. The van der Waals surface area contributed by atoms with Crippen molar-refractivity contribution in [1.82, 2.24) is 15.0 Å². The second kappa shape index (κ2) is 10.4. The van der Waals surface area contributed by atoms with Crippen LogP contribution in [0, 0.1) is 24.0 Å². The number of pyridine rings is 1. The Morgan fingerprint density at radius 1 is 1.00 bits per heavy atom. The van der Waals surface area contributed by atoms with Crippen LogP contribution < -0.4 is 10.2 Å². The van der Waals surface area contributed by atoms with Gasteiger partial charge in [0, 0.05) is 40.3 Å². The van der Waals surface area contributed by atoms with Gasteiger partial charge in [0.15, 0.2) is 0 Å². The fourth-order valence-electron chi connectivity index (χ4n) is 4.20. The maximum atomic E-state index is 12.6. The molecule has 1 N–H and O–H groups in total. The van der Waals surface area contributed by atoms with Gasteiger partial charge in [-0.1, -0.05) is 30.3 Å². The van der Waals surface area contributed by atoms with Crippen LogP contribution >= 0.6 is 0 Å².